The first-order chi connectivity index (χ1) is 8.79. The molecule has 0 aliphatic heterocycles. The number of benzene rings is 1. The largest absolute Gasteiger partial charge is 0.413 e. The SMILES string of the molecule is CC(C)(C)[Si](C)(C)OC(Cc1ccccc1)C1CC1. The van der Waals surface area contributed by atoms with Crippen LogP contribution in [-0.2, 0) is 10.8 Å². The number of hydrogen-bond acceptors (Lipinski definition) is 1. The van der Waals surface area contributed by atoms with E-state index in [-0.39, 0.29) is 0 Å². The first kappa shape index (κ1) is 14.8. The Kier molecular flexibility index (Phi) is 4.22. The summed E-state index contributed by atoms with van der Waals surface area (Å²) in [7, 11) is -1.64. The molecule has 1 saturated carbocycles. The minimum Gasteiger partial charge on any atom is -0.413 e. The molecule has 1 aromatic rings. The predicted molar refractivity (Wildman–Crippen MR) is 84.9 cm³/mol. The van der Waals surface area contributed by atoms with Gasteiger partial charge in [-0.3, -0.25) is 0 Å². The van der Waals surface area contributed by atoms with E-state index < -0.39 is 8.32 Å². The smallest absolute Gasteiger partial charge is 0.192 e. The van der Waals surface area contributed by atoms with Crippen LogP contribution >= 0.6 is 0 Å². The van der Waals surface area contributed by atoms with Crippen LogP contribution in [0.5, 0.6) is 0 Å². The Bertz CT molecular complexity index is 401. The van der Waals surface area contributed by atoms with Crippen LogP contribution in [0.4, 0.5) is 0 Å². The minimum absolute atomic E-state index is 0.302. The number of hydrogen-bond donors (Lipinski definition) is 0. The standard InChI is InChI=1S/C17H28OSi/c1-17(2,3)19(4,5)18-16(15-11-12-15)13-14-9-7-6-8-10-14/h6-10,15-16H,11-13H2,1-5H3. The fourth-order valence-corrected chi connectivity index (χ4v) is 3.56. The molecule has 2 heteroatoms. The van der Waals surface area contributed by atoms with E-state index in [1.165, 1.54) is 18.4 Å². The normalized spacial score (nSPS) is 18.4. The molecular weight excluding hydrogens is 248 g/mol. The Hall–Kier alpha value is -0.603. The quantitative estimate of drug-likeness (QED) is 0.685. The van der Waals surface area contributed by atoms with Crippen LogP contribution in [0.15, 0.2) is 30.3 Å². The Morgan fingerprint density at radius 2 is 1.74 bits per heavy atom. The van der Waals surface area contributed by atoms with E-state index in [4.69, 9.17) is 4.43 Å². The van der Waals surface area contributed by atoms with Gasteiger partial charge in [-0.15, -0.1) is 0 Å². The summed E-state index contributed by atoms with van der Waals surface area (Å²) in [5.41, 5.74) is 1.41. The average Bonchev–Trinajstić information content (AvgIpc) is 3.11. The van der Waals surface area contributed by atoms with Crippen molar-refractivity contribution in [3.8, 4) is 0 Å². The highest BCUT2D eigenvalue weighted by Gasteiger charge is 2.42. The third kappa shape index (κ3) is 3.93. The van der Waals surface area contributed by atoms with Gasteiger partial charge in [0.15, 0.2) is 8.32 Å². The third-order valence-corrected chi connectivity index (χ3v) is 9.18. The van der Waals surface area contributed by atoms with Gasteiger partial charge in [0.25, 0.3) is 0 Å². The van der Waals surface area contributed by atoms with Gasteiger partial charge in [-0.25, -0.2) is 0 Å². The average molecular weight is 276 g/mol. The van der Waals surface area contributed by atoms with Gasteiger partial charge in [0.2, 0.25) is 0 Å². The molecule has 2 rings (SSSR count). The molecular formula is C17H28OSi. The first-order valence-corrected chi connectivity index (χ1v) is 10.4. The van der Waals surface area contributed by atoms with Crippen LogP contribution in [-0.4, -0.2) is 14.4 Å². The van der Waals surface area contributed by atoms with Crippen molar-refractivity contribution in [3.63, 3.8) is 0 Å². The lowest BCUT2D eigenvalue weighted by atomic mass is 10.1. The van der Waals surface area contributed by atoms with E-state index in [1.54, 1.807) is 0 Å². The lowest BCUT2D eigenvalue weighted by Crippen LogP contribution is -2.45. The van der Waals surface area contributed by atoms with Gasteiger partial charge in [-0.05, 0) is 48.9 Å². The van der Waals surface area contributed by atoms with Crippen molar-refractivity contribution in [1.82, 2.24) is 0 Å². The van der Waals surface area contributed by atoms with Gasteiger partial charge in [0.05, 0.1) is 6.10 Å². The zero-order valence-electron chi connectivity index (χ0n) is 13.1. The van der Waals surface area contributed by atoms with Gasteiger partial charge in [-0.1, -0.05) is 51.1 Å². The number of rotatable bonds is 5. The van der Waals surface area contributed by atoms with E-state index in [0.717, 1.165) is 12.3 Å². The maximum atomic E-state index is 6.67. The molecule has 0 radical (unpaired) electrons. The first-order valence-electron chi connectivity index (χ1n) is 7.51. The van der Waals surface area contributed by atoms with Crippen molar-refractivity contribution in [2.75, 3.05) is 0 Å². The Balaban J connectivity index is 2.05. The summed E-state index contributed by atoms with van der Waals surface area (Å²) in [6.07, 6.45) is 4.22. The maximum Gasteiger partial charge on any atom is 0.192 e. The molecule has 0 saturated heterocycles. The van der Waals surface area contributed by atoms with Crippen molar-refractivity contribution in [3.05, 3.63) is 35.9 Å². The zero-order chi connectivity index (χ0) is 14.1. The second-order valence-electron chi connectivity index (χ2n) is 7.44. The van der Waals surface area contributed by atoms with E-state index in [0.29, 0.717) is 11.1 Å². The Labute approximate surface area is 119 Å². The van der Waals surface area contributed by atoms with Crippen LogP contribution in [0.25, 0.3) is 0 Å². The maximum absolute atomic E-state index is 6.67. The van der Waals surface area contributed by atoms with Gasteiger partial charge >= 0.3 is 0 Å². The summed E-state index contributed by atoms with van der Waals surface area (Å²) in [6, 6.07) is 10.8. The summed E-state index contributed by atoms with van der Waals surface area (Å²) in [5, 5.41) is 0.302. The summed E-state index contributed by atoms with van der Waals surface area (Å²) in [6.45, 7) is 11.7. The van der Waals surface area contributed by atoms with Gasteiger partial charge < -0.3 is 4.43 Å². The van der Waals surface area contributed by atoms with E-state index in [1.807, 2.05) is 0 Å². The molecule has 1 atom stereocenters. The highest BCUT2D eigenvalue weighted by molar-refractivity contribution is 6.74. The molecule has 0 aromatic heterocycles. The lowest BCUT2D eigenvalue weighted by molar-refractivity contribution is 0.158. The van der Waals surface area contributed by atoms with Crippen molar-refractivity contribution >= 4 is 8.32 Å². The molecule has 1 fully saturated rings. The molecule has 19 heavy (non-hydrogen) atoms. The van der Waals surface area contributed by atoms with E-state index >= 15 is 0 Å². The molecule has 106 valence electrons. The van der Waals surface area contributed by atoms with Crippen molar-refractivity contribution in [2.45, 2.75) is 64.3 Å². The van der Waals surface area contributed by atoms with Crippen LogP contribution in [0.1, 0.15) is 39.2 Å². The molecule has 0 bridgehead atoms. The Morgan fingerprint density at radius 3 is 2.21 bits per heavy atom. The molecule has 0 heterocycles. The van der Waals surface area contributed by atoms with Crippen LogP contribution in [0, 0.1) is 5.92 Å². The van der Waals surface area contributed by atoms with Crippen LogP contribution in [0.2, 0.25) is 18.1 Å². The molecule has 1 aliphatic carbocycles. The van der Waals surface area contributed by atoms with E-state index in [2.05, 4.69) is 64.2 Å². The highest BCUT2D eigenvalue weighted by Crippen LogP contribution is 2.42. The van der Waals surface area contributed by atoms with Gasteiger partial charge in [-0.2, -0.15) is 0 Å². The second kappa shape index (κ2) is 5.41. The molecule has 1 unspecified atom stereocenters. The molecule has 0 N–H and O–H groups in total. The van der Waals surface area contributed by atoms with Crippen molar-refractivity contribution in [2.24, 2.45) is 5.92 Å². The predicted octanol–water partition coefficient (Wildman–Crippen LogP) is 5.03. The summed E-state index contributed by atoms with van der Waals surface area (Å²) >= 11 is 0. The van der Waals surface area contributed by atoms with E-state index in [9.17, 15) is 0 Å². The highest BCUT2D eigenvalue weighted by atomic mass is 28.4. The zero-order valence-corrected chi connectivity index (χ0v) is 14.1. The van der Waals surface area contributed by atoms with Crippen molar-refractivity contribution < 1.29 is 4.43 Å². The lowest BCUT2D eigenvalue weighted by Gasteiger charge is -2.39. The fourth-order valence-electron chi connectivity index (χ4n) is 2.17. The molecule has 0 amide bonds. The van der Waals surface area contributed by atoms with Crippen molar-refractivity contribution in [1.29, 1.82) is 0 Å². The molecule has 1 nitrogen and oxygen atoms in total. The molecule has 0 spiro atoms. The van der Waals surface area contributed by atoms with Gasteiger partial charge in [0.1, 0.15) is 0 Å². The minimum atomic E-state index is -1.64. The molecule has 1 aliphatic rings. The summed E-state index contributed by atoms with van der Waals surface area (Å²) < 4.78 is 6.67. The summed E-state index contributed by atoms with van der Waals surface area (Å²) in [5.74, 6) is 0.800. The van der Waals surface area contributed by atoms with Gasteiger partial charge in [0, 0.05) is 0 Å². The van der Waals surface area contributed by atoms with Crippen LogP contribution < -0.4 is 0 Å². The topological polar surface area (TPSA) is 9.23 Å². The fraction of sp³-hybridized carbons (Fsp3) is 0.647. The van der Waals surface area contributed by atoms with Crippen LogP contribution in [0.3, 0.4) is 0 Å². The second-order valence-corrected chi connectivity index (χ2v) is 12.2. The third-order valence-electron chi connectivity index (χ3n) is 4.68. The monoisotopic (exact) mass is 276 g/mol. The summed E-state index contributed by atoms with van der Waals surface area (Å²) in [4.78, 5) is 0. The Morgan fingerprint density at radius 1 is 1.16 bits per heavy atom. The molecule has 1 aromatic carbocycles.